The van der Waals surface area contributed by atoms with Gasteiger partial charge in [-0.15, -0.1) is 0 Å². The van der Waals surface area contributed by atoms with Crippen LogP contribution in [0.3, 0.4) is 0 Å². The van der Waals surface area contributed by atoms with E-state index in [-0.39, 0.29) is 0 Å². The van der Waals surface area contributed by atoms with Gasteiger partial charge in [0, 0.05) is 0 Å². The third kappa shape index (κ3) is 4.47. The van der Waals surface area contributed by atoms with E-state index < -0.39 is 5.91 Å². The molecule has 0 spiro atoms. The number of carbonyl (C=O) groups is 1. The fourth-order valence-corrected chi connectivity index (χ4v) is 1.99. The topological polar surface area (TPSA) is 78.3 Å². The summed E-state index contributed by atoms with van der Waals surface area (Å²) in [5, 5.41) is 0. The monoisotopic (exact) mass is 264 g/mol. The highest BCUT2D eigenvalue weighted by atomic mass is 16.5. The summed E-state index contributed by atoms with van der Waals surface area (Å²) in [6.45, 7) is 4.97. The Labute approximate surface area is 115 Å². The Bertz CT molecular complexity index is 419. The maximum atomic E-state index is 11.2. The summed E-state index contributed by atoms with van der Waals surface area (Å²) in [6.07, 6.45) is 4.63. The highest BCUT2D eigenvalue weighted by Crippen LogP contribution is 2.26. The normalized spacial score (nSPS) is 12.1. The van der Waals surface area contributed by atoms with E-state index >= 15 is 0 Å². The number of ether oxygens (including phenoxy) is 1. The van der Waals surface area contributed by atoms with Crippen LogP contribution in [0.5, 0.6) is 5.75 Å². The Hall–Kier alpha value is -1.71. The molecule has 4 N–H and O–H groups in total. The number of nitrogen functional groups attached to an aromatic ring is 1. The minimum absolute atomic E-state index is 0.319. The summed E-state index contributed by atoms with van der Waals surface area (Å²) in [5.74, 6) is 0.545. The van der Waals surface area contributed by atoms with Crippen molar-refractivity contribution in [3.8, 4) is 5.75 Å². The van der Waals surface area contributed by atoms with Gasteiger partial charge in [0.05, 0.1) is 17.9 Å². The van der Waals surface area contributed by atoms with Gasteiger partial charge < -0.3 is 16.2 Å². The fourth-order valence-electron chi connectivity index (χ4n) is 1.99. The molecule has 4 heteroatoms. The SMILES string of the molecule is CCCCC(CC)COc1cccc(C(N)=O)c1N. The Morgan fingerprint density at radius 3 is 2.68 bits per heavy atom. The Morgan fingerprint density at radius 2 is 2.11 bits per heavy atom. The maximum absolute atomic E-state index is 11.2. The number of amides is 1. The van der Waals surface area contributed by atoms with E-state index in [4.69, 9.17) is 16.2 Å². The van der Waals surface area contributed by atoms with Gasteiger partial charge in [-0.1, -0.05) is 39.2 Å². The molecule has 1 unspecified atom stereocenters. The highest BCUT2D eigenvalue weighted by molar-refractivity contribution is 5.99. The molecule has 0 aliphatic rings. The van der Waals surface area contributed by atoms with Gasteiger partial charge in [-0.05, 0) is 24.5 Å². The molecular formula is C15H24N2O2. The van der Waals surface area contributed by atoms with Crippen LogP contribution in [0.1, 0.15) is 49.9 Å². The number of nitrogens with two attached hydrogens (primary N) is 2. The van der Waals surface area contributed by atoms with Crippen LogP contribution >= 0.6 is 0 Å². The highest BCUT2D eigenvalue weighted by Gasteiger charge is 2.12. The molecule has 0 saturated heterocycles. The zero-order valence-corrected chi connectivity index (χ0v) is 11.8. The first kappa shape index (κ1) is 15.3. The minimum atomic E-state index is -0.527. The second-order valence-electron chi connectivity index (χ2n) is 4.81. The van der Waals surface area contributed by atoms with E-state index in [1.807, 2.05) is 0 Å². The van der Waals surface area contributed by atoms with Crippen molar-refractivity contribution in [2.45, 2.75) is 39.5 Å². The van der Waals surface area contributed by atoms with Crippen LogP contribution < -0.4 is 16.2 Å². The number of rotatable bonds is 8. The fraction of sp³-hybridized carbons (Fsp3) is 0.533. The van der Waals surface area contributed by atoms with Gasteiger partial charge in [0.15, 0.2) is 0 Å². The summed E-state index contributed by atoms with van der Waals surface area (Å²) in [6, 6.07) is 5.12. The predicted molar refractivity (Wildman–Crippen MR) is 78.2 cm³/mol. The lowest BCUT2D eigenvalue weighted by Crippen LogP contribution is -2.16. The number of carbonyl (C=O) groups excluding carboxylic acids is 1. The van der Waals surface area contributed by atoms with Crippen LogP contribution in [0.4, 0.5) is 5.69 Å². The molecule has 4 nitrogen and oxygen atoms in total. The van der Waals surface area contributed by atoms with E-state index in [0.29, 0.717) is 29.5 Å². The van der Waals surface area contributed by atoms with Gasteiger partial charge in [0.1, 0.15) is 5.75 Å². The standard InChI is InChI=1S/C15H24N2O2/c1-3-5-7-11(4-2)10-19-13-9-6-8-12(14(13)16)15(17)18/h6,8-9,11H,3-5,7,10,16H2,1-2H3,(H2,17,18). The molecule has 0 bridgehead atoms. The molecule has 0 heterocycles. The van der Waals surface area contributed by atoms with Crippen LogP contribution in [0.2, 0.25) is 0 Å². The maximum Gasteiger partial charge on any atom is 0.250 e. The summed E-state index contributed by atoms with van der Waals surface area (Å²) in [4.78, 5) is 11.2. The van der Waals surface area contributed by atoms with Crippen molar-refractivity contribution in [1.29, 1.82) is 0 Å². The molecule has 1 atom stereocenters. The summed E-state index contributed by atoms with van der Waals surface area (Å²) >= 11 is 0. The Morgan fingerprint density at radius 1 is 1.37 bits per heavy atom. The smallest absolute Gasteiger partial charge is 0.250 e. The van der Waals surface area contributed by atoms with Crippen LogP contribution in [0, 0.1) is 5.92 Å². The van der Waals surface area contributed by atoms with Gasteiger partial charge in [-0.2, -0.15) is 0 Å². The quantitative estimate of drug-likeness (QED) is 0.708. The van der Waals surface area contributed by atoms with Crippen LogP contribution in [-0.4, -0.2) is 12.5 Å². The molecule has 0 aliphatic heterocycles. The lowest BCUT2D eigenvalue weighted by molar-refractivity contribution is 0.100. The zero-order chi connectivity index (χ0) is 14.3. The number of anilines is 1. The van der Waals surface area contributed by atoms with Crippen molar-refractivity contribution in [3.63, 3.8) is 0 Å². The number of unbranched alkanes of at least 4 members (excludes halogenated alkanes) is 1. The molecule has 1 aromatic rings. The number of hydrogen-bond donors (Lipinski definition) is 2. The lowest BCUT2D eigenvalue weighted by atomic mass is 10.0. The van der Waals surface area contributed by atoms with Crippen molar-refractivity contribution < 1.29 is 9.53 Å². The predicted octanol–water partition coefficient (Wildman–Crippen LogP) is 2.96. The zero-order valence-electron chi connectivity index (χ0n) is 11.8. The Balaban J connectivity index is 2.66. The first-order chi connectivity index (χ1) is 9.10. The van der Waals surface area contributed by atoms with Gasteiger partial charge in [0.25, 0.3) is 5.91 Å². The molecule has 1 aromatic carbocycles. The average molecular weight is 264 g/mol. The number of benzene rings is 1. The molecule has 1 amide bonds. The molecule has 0 aliphatic carbocycles. The molecule has 106 valence electrons. The summed E-state index contributed by atoms with van der Waals surface area (Å²) in [7, 11) is 0. The number of primary amides is 1. The molecular weight excluding hydrogens is 240 g/mol. The summed E-state index contributed by atoms with van der Waals surface area (Å²) < 4.78 is 5.74. The van der Waals surface area contributed by atoms with E-state index in [0.717, 1.165) is 12.8 Å². The van der Waals surface area contributed by atoms with Crippen molar-refractivity contribution in [3.05, 3.63) is 23.8 Å². The van der Waals surface area contributed by atoms with E-state index in [1.165, 1.54) is 12.8 Å². The molecule has 0 saturated carbocycles. The molecule has 0 aromatic heterocycles. The van der Waals surface area contributed by atoms with Gasteiger partial charge in [-0.25, -0.2) is 0 Å². The Kier molecular flexibility index (Phi) is 6.19. The number of para-hydroxylation sites is 1. The van der Waals surface area contributed by atoms with E-state index in [1.54, 1.807) is 18.2 Å². The first-order valence-corrected chi connectivity index (χ1v) is 6.91. The van der Waals surface area contributed by atoms with Crippen LogP contribution in [0.15, 0.2) is 18.2 Å². The van der Waals surface area contributed by atoms with Gasteiger partial charge in [0.2, 0.25) is 0 Å². The third-order valence-electron chi connectivity index (χ3n) is 3.35. The average Bonchev–Trinajstić information content (AvgIpc) is 2.40. The van der Waals surface area contributed by atoms with Crippen LogP contribution in [-0.2, 0) is 0 Å². The van der Waals surface area contributed by atoms with E-state index in [9.17, 15) is 4.79 Å². The minimum Gasteiger partial charge on any atom is -0.491 e. The summed E-state index contributed by atoms with van der Waals surface area (Å²) in [5.41, 5.74) is 11.8. The van der Waals surface area contributed by atoms with Gasteiger partial charge >= 0.3 is 0 Å². The molecule has 0 radical (unpaired) electrons. The third-order valence-corrected chi connectivity index (χ3v) is 3.35. The second kappa shape index (κ2) is 7.67. The molecule has 0 fully saturated rings. The second-order valence-corrected chi connectivity index (χ2v) is 4.81. The van der Waals surface area contributed by atoms with Crippen LogP contribution in [0.25, 0.3) is 0 Å². The molecule has 19 heavy (non-hydrogen) atoms. The van der Waals surface area contributed by atoms with Crippen molar-refractivity contribution in [2.24, 2.45) is 11.7 Å². The number of hydrogen-bond acceptors (Lipinski definition) is 3. The van der Waals surface area contributed by atoms with Gasteiger partial charge in [-0.3, -0.25) is 4.79 Å². The largest absolute Gasteiger partial charge is 0.491 e. The van der Waals surface area contributed by atoms with Crippen molar-refractivity contribution in [2.75, 3.05) is 12.3 Å². The van der Waals surface area contributed by atoms with E-state index in [2.05, 4.69) is 13.8 Å². The lowest BCUT2D eigenvalue weighted by Gasteiger charge is -2.17. The van der Waals surface area contributed by atoms with Crippen molar-refractivity contribution >= 4 is 11.6 Å². The first-order valence-electron chi connectivity index (χ1n) is 6.91. The molecule has 1 rings (SSSR count). The van der Waals surface area contributed by atoms with Crippen molar-refractivity contribution in [1.82, 2.24) is 0 Å².